The van der Waals surface area contributed by atoms with E-state index in [4.69, 9.17) is 9.47 Å². The van der Waals surface area contributed by atoms with E-state index in [2.05, 4.69) is 6.58 Å². The van der Waals surface area contributed by atoms with Crippen LogP contribution in [0.5, 0.6) is 5.75 Å². The third-order valence-electron chi connectivity index (χ3n) is 5.81. The summed E-state index contributed by atoms with van der Waals surface area (Å²) >= 11 is 0. The van der Waals surface area contributed by atoms with Gasteiger partial charge in [-0.1, -0.05) is 6.08 Å². The number of aryl methyl sites for hydroxylation is 1. The Kier molecular flexibility index (Phi) is 6.88. The van der Waals surface area contributed by atoms with Crippen molar-refractivity contribution in [1.29, 1.82) is 0 Å². The molecule has 2 aliphatic rings. The summed E-state index contributed by atoms with van der Waals surface area (Å²) in [6, 6.07) is 1.53. The number of rotatable bonds is 7. The summed E-state index contributed by atoms with van der Waals surface area (Å²) in [5.74, 6) is -1.35. The Bertz CT molecular complexity index is 651. The zero-order valence-electron chi connectivity index (χ0n) is 16.1. The van der Waals surface area contributed by atoms with E-state index >= 15 is 0 Å². The van der Waals surface area contributed by atoms with Crippen LogP contribution in [0.15, 0.2) is 18.7 Å². The molecule has 0 radical (unpaired) electrons. The average Bonchev–Trinajstić information content (AvgIpc) is 2.68. The minimum Gasteiger partial charge on any atom is -0.487 e. The van der Waals surface area contributed by atoms with Crippen LogP contribution in [-0.2, 0) is 11.2 Å². The summed E-state index contributed by atoms with van der Waals surface area (Å²) in [6.45, 7) is 5.97. The fourth-order valence-corrected chi connectivity index (χ4v) is 4.10. The topological polar surface area (TPSA) is 38.7 Å². The van der Waals surface area contributed by atoms with Gasteiger partial charge in [-0.25, -0.2) is 4.39 Å². The summed E-state index contributed by atoms with van der Waals surface area (Å²) in [4.78, 5) is 0. The normalized spacial score (nSPS) is 26.1. The maximum absolute atomic E-state index is 14.3. The molecule has 0 aromatic heterocycles. The van der Waals surface area contributed by atoms with Crippen LogP contribution in [0.25, 0.3) is 0 Å². The van der Waals surface area contributed by atoms with E-state index in [1.165, 1.54) is 13.0 Å². The predicted octanol–water partition coefficient (Wildman–Crippen LogP) is 5.25. The van der Waals surface area contributed by atoms with E-state index < -0.39 is 17.7 Å². The average molecular weight is 380 g/mol. The zero-order chi connectivity index (χ0) is 19.4. The lowest BCUT2D eigenvalue weighted by molar-refractivity contribution is 0.0157. The van der Waals surface area contributed by atoms with Crippen LogP contribution in [0.4, 0.5) is 8.78 Å². The first-order chi connectivity index (χ1) is 13.0. The predicted molar refractivity (Wildman–Crippen MR) is 101 cm³/mol. The van der Waals surface area contributed by atoms with Crippen molar-refractivity contribution < 1.29 is 23.4 Å². The second-order valence-corrected chi connectivity index (χ2v) is 7.82. The van der Waals surface area contributed by atoms with Crippen molar-refractivity contribution in [3.05, 3.63) is 41.5 Å². The highest BCUT2D eigenvalue weighted by atomic mass is 19.2. The first-order valence-corrected chi connectivity index (χ1v) is 10.1. The molecule has 1 N–H and O–H groups in total. The number of fused-ring (bicyclic) bond motifs is 1. The Hall–Kier alpha value is -1.46. The number of aliphatic hydroxyl groups excluding tert-OH is 1. The third-order valence-corrected chi connectivity index (χ3v) is 5.81. The molecule has 5 heteroatoms. The SMILES string of the molecule is C=CC1CCC(OCCCC2CCc3cc(C(C)O)c(F)c(F)c3O2)CC1. The maximum atomic E-state index is 14.3. The molecular weight excluding hydrogens is 350 g/mol. The number of hydrogen-bond acceptors (Lipinski definition) is 3. The molecule has 1 fully saturated rings. The molecular formula is C22H30F2O3. The summed E-state index contributed by atoms with van der Waals surface area (Å²) in [5, 5.41) is 9.60. The van der Waals surface area contributed by atoms with Crippen molar-refractivity contribution in [3.63, 3.8) is 0 Å². The first kappa shape index (κ1) is 20.3. The highest BCUT2D eigenvalue weighted by Crippen LogP contribution is 2.36. The van der Waals surface area contributed by atoms with Gasteiger partial charge in [0, 0.05) is 12.2 Å². The van der Waals surface area contributed by atoms with Crippen LogP contribution >= 0.6 is 0 Å². The Morgan fingerprint density at radius 3 is 2.67 bits per heavy atom. The van der Waals surface area contributed by atoms with Crippen molar-refractivity contribution in [2.45, 2.75) is 76.6 Å². The molecule has 3 nitrogen and oxygen atoms in total. The van der Waals surface area contributed by atoms with E-state index in [1.54, 1.807) is 0 Å². The molecule has 1 aromatic carbocycles. The first-order valence-electron chi connectivity index (χ1n) is 10.1. The van der Waals surface area contributed by atoms with Crippen molar-refractivity contribution in [2.75, 3.05) is 6.61 Å². The number of halogens is 2. The fraction of sp³-hybridized carbons (Fsp3) is 0.636. The quantitative estimate of drug-likeness (QED) is 0.518. The number of benzene rings is 1. The number of hydrogen-bond donors (Lipinski definition) is 1. The summed E-state index contributed by atoms with van der Waals surface area (Å²) in [5.41, 5.74) is 0.629. The van der Waals surface area contributed by atoms with Gasteiger partial charge >= 0.3 is 0 Å². The van der Waals surface area contributed by atoms with Crippen molar-refractivity contribution in [1.82, 2.24) is 0 Å². The van der Waals surface area contributed by atoms with Crippen molar-refractivity contribution >= 4 is 0 Å². The fourth-order valence-electron chi connectivity index (χ4n) is 4.10. The zero-order valence-corrected chi connectivity index (χ0v) is 16.1. The molecule has 0 amide bonds. The van der Waals surface area contributed by atoms with Crippen LogP contribution in [-0.4, -0.2) is 23.9 Å². The lowest BCUT2D eigenvalue weighted by Gasteiger charge is -2.29. The van der Waals surface area contributed by atoms with Gasteiger partial charge in [0.1, 0.15) is 0 Å². The summed E-state index contributed by atoms with van der Waals surface area (Å²) in [6.07, 6.45) is 8.68. The smallest absolute Gasteiger partial charge is 0.201 e. The Morgan fingerprint density at radius 2 is 2.00 bits per heavy atom. The standard InChI is InChI=1S/C22H30F2O3/c1-3-15-6-9-17(10-7-15)26-12-4-5-18-11-8-16-13-19(14(2)25)20(23)21(24)22(16)27-18/h3,13-15,17-18,25H,1,4-12H2,2H3. The highest BCUT2D eigenvalue weighted by molar-refractivity contribution is 5.42. The molecule has 27 heavy (non-hydrogen) atoms. The van der Waals surface area contributed by atoms with Gasteiger partial charge in [0.2, 0.25) is 5.82 Å². The van der Waals surface area contributed by atoms with E-state index in [9.17, 15) is 13.9 Å². The second-order valence-electron chi connectivity index (χ2n) is 7.82. The summed E-state index contributed by atoms with van der Waals surface area (Å²) < 4.78 is 40.1. The second kappa shape index (κ2) is 9.16. The molecule has 0 bridgehead atoms. The molecule has 1 heterocycles. The monoisotopic (exact) mass is 380 g/mol. The van der Waals surface area contributed by atoms with E-state index in [1.807, 2.05) is 6.08 Å². The molecule has 150 valence electrons. The van der Waals surface area contributed by atoms with Gasteiger partial charge in [-0.15, -0.1) is 6.58 Å². The van der Waals surface area contributed by atoms with Gasteiger partial charge in [-0.05, 0) is 75.8 Å². The van der Waals surface area contributed by atoms with Gasteiger partial charge in [-0.3, -0.25) is 0 Å². The lowest BCUT2D eigenvalue weighted by atomic mass is 9.87. The summed E-state index contributed by atoms with van der Waals surface area (Å²) in [7, 11) is 0. The van der Waals surface area contributed by atoms with Crippen LogP contribution in [0.3, 0.4) is 0 Å². The molecule has 1 aliphatic carbocycles. The van der Waals surface area contributed by atoms with E-state index in [0.29, 0.717) is 30.6 Å². The molecule has 1 aromatic rings. The highest BCUT2D eigenvalue weighted by Gasteiger charge is 2.28. The molecule has 2 unspecified atom stereocenters. The third kappa shape index (κ3) is 4.88. The Morgan fingerprint density at radius 1 is 1.26 bits per heavy atom. The van der Waals surface area contributed by atoms with Gasteiger partial charge in [-0.2, -0.15) is 4.39 Å². The van der Waals surface area contributed by atoms with Crippen LogP contribution < -0.4 is 4.74 Å². The number of allylic oxidation sites excluding steroid dienone is 1. The minimum absolute atomic E-state index is 0.00660. The van der Waals surface area contributed by atoms with Crippen LogP contribution in [0, 0.1) is 17.6 Å². The Labute approximate surface area is 160 Å². The molecule has 2 atom stereocenters. The molecule has 1 aliphatic heterocycles. The van der Waals surface area contributed by atoms with Gasteiger partial charge < -0.3 is 14.6 Å². The van der Waals surface area contributed by atoms with Gasteiger partial charge in [0.05, 0.1) is 18.3 Å². The van der Waals surface area contributed by atoms with E-state index in [-0.39, 0.29) is 17.4 Å². The molecule has 3 rings (SSSR count). The minimum atomic E-state index is -1.04. The Balaban J connectivity index is 1.46. The molecule has 0 spiro atoms. The number of aliphatic hydroxyl groups is 1. The van der Waals surface area contributed by atoms with Crippen molar-refractivity contribution in [3.8, 4) is 5.75 Å². The van der Waals surface area contributed by atoms with E-state index in [0.717, 1.165) is 44.9 Å². The largest absolute Gasteiger partial charge is 0.487 e. The van der Waals surface area contributed by atoms with Gasteiger partial charge in [0.15, 0.2) is 11.6 Å². The number of ether oxygens (including phenoxy) is 2. The lowest BCUT2D eigenvalue weighted by Crippen LogP contribution is -2.25. The maximum Gasteiger partial charge on any atom is 0.201 e. The molecule has 0 saturated heterocycles. The van der Waals surface area contributed by atoms with Crippen LogP contribution in [0.2, 0.25) is 0 Å². The van der Waals surface area contributed by atoms with Crippen LogP contribution in [0.1, 0.15) is 69.1 Å². The van der Waals surface area contributed by atoms with Gasteiger partial charge in [0.25, 0.3) is 0 Å². The molecule has 1 saturated carbocycles. The van der Waals surface area contributed by atoms with Crippen molar-refractivity contribution in [2.24, 2.45) is 5.92 Å².